The van der Waals surface area contributed by atoms with Gasteiger partial charge in [-0.05, 0) is 43.7 Å². The quantitative estimate of drug-likeness (QED) is 0.741. The number of carbonyl (C=O) groups is 2. The van der Waals surface area contributed by atoms with Crippen LogP contribution in [0.15, 0.2) is 47.3 Å². The van der Waals surface area contributed by atoms with Gasteiger partial charge in [0.25, 0.3) is 5.91 Å². The number of anilines is 1. The van der Waals surface area contributed by atoms with Crippen molar-refractivity contribution in [2.24, 2.45) is 0 Å². The number of esters is 1. The molecule has 1 unspecified atom stereocenters. The van der Waals surface area contributed by atoms with E-state index in [1.54, 1.807) is 30.5 Å². The van der Waals surface area contributed by atoms with Gasteiger partial charge in [-0.1, -0.05) is 6.07 Å². The molecule has 1 atom stereocenters. The lowest BCUT2D eigenvalue weighted by Crippen LogP contribution is -2.30. The lowest BCUT2D eigenvalue weighted by atomic mass is 10.2. The van der Waals surface area contributed by atoms with Crippen LogP contribution in [0.1, 0.15) is 22.8 Å². The third kappa shape index (κ3) is 3.24. The molecule has 1 amide bonds. The number of nitrogens with one attached hydrogen (secondary N) is 1. The van der Waals surface area contributed by atoms with Gasteiger partial charge in [0, 0.05) is 6.20 Å². The van der Waals surface area contributed by atoms with Crippen molar-refractivity contribution in [1.82, 2.24) is 9.97 Å². The van der Waals surface area contributed by atoms with E-state index < -0.39 is 18.0 Å². The third-order valence-corrected chi connectivity index (χ3v) is 3.40. The van der Waals surface area contributed by atoms with Gasteiger partial charge in [-0.25, -0.2) is 14.8 Å². The van der Waals surface area contributed by atoms with Crippen LogP contribution >= 0.6 is 0 Å². The van der Waals surface area contributed by atoms with Gasteiger partial charge in [0.1, 0.15) is 11.3 Å². The second-order valence-electron chi connectivity index (χ2n) is 5.26. The Labute approximate surface area is 137 Å². The Hall–Kier alpha value is -3.22. The van der Waals surface area contributed by atoms with E-state index in [0.717, 1.165) is 5.56 Å². The zero-order valence-corrected chi connectivity index (χ0v) is 13.1. The Morgan fingerprint density at radius 2 is 2.08 bits per heavy atom. The lowest BCUT2D eigenvalue weighted by Gasteiger charge is -2.13. The van der Waals surface area contributed by atoms with Crippen LogP contribution < -0.4 is 5.32 Å². The molecule has 0 saturated heterocycles. The number of aromatic nitrogens is 2. The number of carbonyl (C=O) groups excluding carboxylic acids is 2. The maximum atomic E-state index is 12.3. The summed E-state index contributed by atoms with van der Waals surface area (Å²) in [7, 11) is 0. The van der Waals surface area contributed by atoms with Crippen molar-refractivity contribution in [3.05, 3.63) is 54.0 Å². The molecular weight excluding hydrogens is 310 g/mol. The van der Waals surface area contributed by atoms with Gasteiger partial charge in [0.2, 0.25) is 0 Å². The SMILES string of the molecule is Cc1ccnc(NC(=O)C(C)OC(=O)c2cccc3ocnc23)c1. The second kappa shape index (κ2) is 6.49. The summed E-state index contributed by atoms with van der Waals surface area (Å²) in [6, 6.07) is 8.46. The molecule has 1 aromatic carbocycles. The van der Waals surface area contributed by atoms with Crippen molar-refractivity contribution in [2.75, 3.05) is 5.32 Å². The fraction of sp³-hybridized carbons (Fsp3) is 0.176. The van der Waals surface area contributed by atoms with Gasteiger partial charge in [-0.2, -0.15) is 0 Å². The Bertz CT molecular complexity index is 903. The van der Waals surface area contributed by atoms with Gasteiger partial charge in [0.15, 0.2) is 18.1 Å². The summed E-state index contributed by atoms with van der Waals surface area (Å²) in [6.45, 7) is 3.38. The van der Waals surface area contributed by atoms with Crippen molar-refractivity contribution < 1.29 is 18.7 Å². The molecule has 0 aliphatic rings. The summed E-state index contributed by atoms with van der Waals surface area (Å²) in [5.74, 6) is -0.704. The average molecular weight is 325 g/mol. The number of amides is 1. The molecule has 0 aliphatic carbocycles. The highest BCUT2D eigenvalue weighted by molar-refractivity contribution is 6.03. The maximum Gasteiger partial charge on any atom is 0.341 e. The molecule has 0 bridgehead atoms. The highest BCUT2D eigenvalue weighted by Crippen LogP contribution is 2.18. The van der Waals surface area contributed by atoms with Gasteiger partial charge >= 0.3 is 5.97 Å². The number of nitrogens with zero attached hydrogens (tertiary/aromatic N) is 2. The molecule has 24 heavy (non-hydrogen) atoms. The van der Waals surface area contributed by atoms with Crippen LogP contribution in [-0.4, -0.2) is 27.9 Å². The summed E-state index contributed by atoms with van der Waals surface area (Å²) in [5.41, 5.74) is 2.08. The number of pyridine rings is 1. The molecule has 0 saturated carbocycles. The number of para-hydroxylation sites is 1. The summed E-state index contributed by atoms with van der Waals surface area (Å²) in [6.07, 6.45) is 1.86. The first kappa shape index (κ1) is 15.7. The van der Waals surface area contributed by atoms with Gasteiger partial charge in [-0.15, -0.1) is 0 Å². The fourth-order valence-electron chi connectivity index (χ4n) is 2.16. The second-order valence-corrected chi connectivity index (χ2v) is 5.26. The summed E-state index contributed by atoms with van der Waals surface area (Å²) < 4.78 is 10.4. The molecule has 3 aromatic rings. The number of hydrogen-bond acceptors (Lipinski definition) is 6. The van der Waals surface area contributed by atoms with Crippen molar-refractivity contribution in [3.63, 3.8) is 0 Å². The van der Waals surface area contributed by atoms with Crippen LogP contribution in [0.2, 0.25) is 0 Å². The van der Waals surface area contributed by atoms with E-state index in [4.69, 9.17) is 9.15 Å². The van der Waals surface area contributed by atoms with E-state index >= 15 is 0 Å². The lowest BCUT2D eigenvalue weighted by molar-refractivity contribution is -0.123. The number of ether oxygens (including phenoxy) is 1. The molecule has 7 heteroatoms. The number of rotatable bonds is 4. The number of benzene rings is 1. The summed E-state index contributed by atoms with van der Waals surface area (Å²) in [5, 5.41) is 2.61. The normalized spacial score (nSPS) is 11.9. The zero-order valence-electron chi connectivity index (χ0n) is 13.1. The smallest absolute Gasteiger partial charge is 0.341 e. The number of fused-ring (bicyclic) bond motifs is 1. The highest BCUT2D eigenvalue weighted by atomic mass is 16.5. The first-order valence-electron chi connectivity index (χ1n) is 7.31. The van der Waals surface area contributed by atoms with Crippen molar-refractivity contribution in [1.29, 1.82) is 0 Å². The van der Waals surface area contributed by atoms with Crippen LogP contribution in [0.4, 0.5) is 5.82 Å². The predicted octanol–water partition coefficient (Wildman–Crippen LogP) is 2.72. The molecule has 2 aromatic heterocycles. The van der Waals surface area contributed by atoms with Crippen molar-refractivity contribution in [2.45, 2.75) is 20.0 Å². The minimum atomic E-state index is -0.984. The Morgan fingerprint density at radius 3 is 2.88 bits per heavy atom. The molecule has 7 nitrogen and oxygen atoms in total. The first-order valence-corrected chi connectivity index (χ1v) is 7.31. The minimum absolute atomic E-state index is 0.245. The van der Waals surface area contributed by atoms with Crippen molar-refractivity contribution in [3.8, 4) is 0 Å². The number of hydrogen-bond donors (Lipinski definition) is 1. The number of aryl methyl sites for hydroxylation is 1. The van der Waals surface area contributed by atoms with Crippen molar-refractivity contribution >= 4 is 28.8 Å². The van der Waals surface area contributed by atoms with E-state index in [-0.39, 0.29) is 5.56 Å². The predicted molar refractivity (Wildman–Crippen MR) is 86.5 cm³/mol. The van der Waals surface area contributed by atoms with E-state index in [0.29, 0.717) is 16.9 Å². The fourth-order valence-corrected chi connectivity index (χ4v) is 2.16. The summed E-state index contributed by atoms with van der Waals surface area (Å²) >= 11 is 0. The molecule has 2 heterocycles. The molecular formula is C17H15N3O4. The third-order valence-electron chi connectivity index (χ3n) is 3.40. The van der Waals surface area contributed by atoms with E-state index in [9.17, 15) is 9.59 Å². The Kier molecular flexibility index (Phi) is 4.24. The van der Waals surface area contributed by atoms with Gasteiger partial charge in [0.05, 0.1) is 5.56 Å². The largest absolute Gasteiger partial charge is 0.449 e. The van der Waals surface area contributed by atoms with E-state index in [1.807, 2.05) is 13.0 Å². The van der Waals surface area contributed by atoms with E-state index in [1.165, 1.54) is 13.3 Å². The molecule has 0 fully saturated rings. The molecule has 0 radical (unpaired) electrons. The summed E-state index contributed by atoms with van der Waals surface area (Å²) in [4.78, 5) is 32.4. The highest BCUT2D eigenvalue weighted by Gasteiger charge is 2.21. The molecule has 122 valence electrons. The zero-order chi connectivity index (χ0) is 17.1. The number of oxazole rings is 1. The Morgan fingerprint density at radius 1 is 1.25 bits per heavy atom. The standard InChI is InChI=1S/C17H15N3O4/c1-10-6-7-18-14(8-10)20-16(21)11(2)24-17(22)12-4-3-5-13-15(12)19-9-23-13/h3-9,11H,1-2H3,(H,18,20,21). The maximum absolute atomic E-state index is 12.3. The minimum Gasteiger partial charge on any atom is -0.449 e. The first-order chi connectivity index (χ1) is 11.5. The average Bonchev–Trinajstić information content (AvgIpc) is 3.03. The molecule has 1 N–H and O–H groups in total. The van der Waals surface area contributed by atoms with Crippen LogP contribution in [0, 0.1) is 6.92 Å². The molecule has 0 aliphatic heterocycles. The Balaban J connectivity index is 1.69. The van der Waals surface area contributed by atoms with Crippen LogP contribution in [0.5, 0.6) is 0 Å². The van der Waals surface area contributed by atoms with Crippen LogP contribution in [0.3, 0.4) is 0 Å². The topological polar surface area (TPSA) is 94.3 Å². The van der Waals surface area contributed by atoms with Gasteiger partial charge < -0.3 is 14.5 Å². The molecule has 0 spiro atoms. The van der Waals surface area contributed by atoms with Crippen LogP contribution in [0.25, 0.3) is 11.1 Å². The van der Waals surface area contributed by atoms with E-state index in [2.05, 4.69) is 15.3 Å². The van der Waals surface area contributed by atoms with Gasteiger partial charge in [-0.3, -0.25) is 4.79 Å². The molecule has 3 rings (SSSR count). The monoisotopic (exact) mass is 325 g/mol. The van der Waals surface area contributed by atoms with Crippen LogP contribution in [-0.2, 0) is 9.53 Å².